The highest BCUT2D eigenvalue weighted by molar-refractivity contribution is 5.88. The van der Waals surface area contributed by atoms with Crippen LogP contribution in [0.15, 0.2) is 66.7 Å². The quantitative estimate of drug-likeness (QED) is 0.801. The summed E-state index contributed by atoms with van der Waals surface area (Å²) < 4.78 is 0. The second kappa shape index (κ2) is 7.97. The van der Waals surface area contributed by atoms with Crippen molar-refractivity contribution in [2.24, 2.45) is 0 Å². The number of anilines is 1. The Hall–Kier alpha value is -2.59. The van der Waals surface area contributed by atoms with E-state index in [-0.39, 0.29) is 11.9 Å². The van der Waals surface area contributed by atoms with Gasteiger partial charge in [0.15, 0.2) is 0 Å². The van der Waals surface area contributed by atoms with Gasteiger partial charge in [-0.1, -0.05) is 54.6 Å². The molecule has 0 fully saturated rings. The van der Waals surface area contributed by atoms with E-state index in [1.807, 2.05) is 40.2 Å². The lowest BCUT2D eigenvalue weighted by atomic mass is 10.0. The summed E-state index contributed by atoms with van der Waals surface area (Å²) in [6, 6.07) is 18.9. The van der Waals surface area contributed by atoms with Crippen molar-refractivity contribution in [3.8, 4) is 0 Å². The molecule has 1 N–H and O–H groups in total. The van der Waals surface area contributed by atoms with Crippen LogP contribution in [0.3, 0.4) is 0 Å². The summed E-state index contributed by atoms with van der Waals surface area (Å²) in [4.78, 5) is 17.1. The topological polar surface area (TPSA) is 35.6 Å². The van der Waals surface area contributed by atoms with Gasteiger partial charge in [-0.3, -0.25) is 9.69 Å². The van der Waals surface area contributed by atoms with Crippen molar-refractivity contribution in [3.05, 3.63) is 77.9 Å². The van der Waals surface area contributed by atoms with Gasteiger partial charge in [0.25, 0.3) is 0 Å². The van der Waals surface area contributed by atoms with Crippen LogP contribution in [0.5, 0.6) is 0 Å². The molecule has 2 aromatic carbocycles. The molecule has 4 nitrogen and oxygen atoms in total. The third-order valence-corrected chi connectivity index (χ3v) is 5.53. The van der Waals surface area contributed by atoms with Crippen LogP contribution in [-0.4, -0.2) is 43.5 Å². The predicted octanol–water partition coefficient (Wildman–Crippen LogP) is 3.24. The van der Waals surface area contributed by atoms with E-state index in [4.69, 9.17) is 0 Å². The van der Waals surface area contributed by atoms with Crippen molar-refractivity contribution in [3.63, 3.8) is 0 Å². The lowest BCUT2D eigenvalue weighted by Gasteiger charge is -2.34. The summed E-state index contributed by atoms with van der Waals surface area (Å²) in [6.07, 6.45) is 5.09. The smallest absolute Gasteiger partial charge is 0.244 e. The minimum atomic E-state index is -0.622. The Morgan fingerprint density at radius 3 is 2.37 bits per heavy atom. The molecule has 0 radical (unpaired) electrons. The van der Waals surface area contributed by atoms with Gasteiger partial charge in [-0.15, -0.1) is 0 Å². The number of rotatable bonds is 6. The Bertz CT molecular complexity index is 798. The standard InChI is InChI=1S/C23H29N3O/c1-23(15-14-21(26(23)4)16-18-8-6-5-7-9-18)22(27)24-17-19-10-12-20(13-11-19)25(2)3/h5-15,21H,16-17H2,1-4H3,(H,24,27)/t21-,23+/m0/s1. The minimum Gasteiger partial charge on any atom is -0.378 e. The highest BCUT2D eigenvalue weighted by Gasteiger charge is 2.41. The van der Waals surface area contributed by atoms with Crippen LogP contribution in [0, 0.1) is 0 Å². The molecule has 0 aromatic heterocycles. The van der Waals surface area contributed by atoms with E-state index in [1.165, 1.54) is 5.56 Å². The van der Waals surface area contributed by atoms with Gasteiger partial charge in [-0.05, 0) is 43.7 Å². The second-order valence-electron chi connectivity index (χ2n) is 7.62. The predicted molar refractivity (Wildman–Crippen MR) is 112 cm³/mol. The van der Waals surface area contributed by atoms with Crippen LogP contribution >= 0.6 is 0 Å². The third kappa shape index (κ3) is 4.22. The Labute approximate surface area is 162 Å². The maximum absolute atomic E-state index is 12.9. The monoisotopic (exact) mass is 363 g/mol. The van der Waals surface area contributed by atoms with E-state index >= 15 is 0 Å². The first-order chi connectivity index (χ1) is 12.9. The van der Waals surface area contributed by atoms with E-state index in [0.29, 0.717) is 6.54 Å². The first-order valence-electron chi connectivity index (χ1n) is 9.41. The Kier molecular flexibility index (Phi) is 5.66. The van der Waals surface area contributed by atoms with Crippen molar-refractivity contribution in [1.29, 1.82) is 0 Å². The summed E-state index contributed by atoms with van der Waals surface area (Å²) in [5, 5.41) is 3.10. The zero-order chi connectivity index (χ0) is 19.4. The van der Waals surface area contributed by atoms with Crippen molar-refractivity contribution >= 4 is 11.6 Å². The number of nitrogens with zero attached hydrogens (tertiary/aromatic N) is 2. The Morgan fingerprint density at radius 2 is 1.74 bits per heavy atom. The molecule has 0 spiro atoms. The van der Waals surface area contributed by atoms with Gasteiger partial charge in [-0.2, -0.15) is 0 Å². The van der Waals surface area contributed by atoms with E-state index < -0.39 is 5.54 Å². The number of amides is 1. The summed E-state index contributed by atoms with van der Waals surface area (Å²) in [5.74, 6) is 0.0356. The molecule has 0 saturated heterocycles. The molecular weight excluding hydrogens is 334 g/mol. The van der Waals surface area contributed by atoms with Gasteiger partial charge >= 0.3 is 0 Å². The molecule has 27 heavy (non-hydrogen) atoms. The Balaban J connectivity index is 1.60. The number of benzene rings is 2. The highest BCUT2D eigenvalue weighted by Crippen LogP contribution is 2.28. The van der Waals surface area contributed by atoms with E-state index in [2.05, 4.69) is 69.7 Å². The van der Waals surface area contributed by atoms with E-state index in [1.54, 1.807) is 0 Å². The van der Waals surface area contributed by atoms with Crippen LogP contribution in [0.25, 0.3) is 0 Å². The number of carbonyl (C=O) groups is 1. The van der Waals surface area contributed by atoms with Gasteiger partial charge in [0, 0.05) is 32.4 Å². The van der Waals surface area contributed by atoms with Crippen molar-refractivity contribution in [2.75, 3.05) is 26.0 Å². The first-order valence-corrected chi connectivity index (χ1v) is 9.41. The third-order valence-electron chi connectivity index (χ3n) is 5.53. The molecule has 0 aliphatic carbocycles. The molecule has 2 atom stereocenters. The van der Waals surface area contributed by atoms with Crippen molar-refractivity contribution < 1.29 is 4.79 Å². The number of hydrogen-bond donors (Lipinski definition) is 1. The zero-order valence-electron chi connectivity index (χ0n) is 16.6. The van der Waals surface area contributed by atoms with Gasteiger partial charge in [0.05, 0.1) is 0 Å². The normalized spacial score (nSPS) is 22.0. The average Bonchev–Trinajstić information content (AvgIpc) is 2.97. The number of hydrogen-bond acceptors (Lipinski definition) is 3. The van der Waals surface area contributed by atoms with Gasteiger partial charge in [-0.25, -0.2) is 0 Å². The number of nitrogens with one attached hydrogen (secondary N) is 1. The molecule has 0 bridgehead atoms. The molecular formula is C23H29N3O. The lowest BCUT2D eigenvalue weighted by Crippen LogP contribution is -2.54. The largest absolute Gasteiger partial charge is 0.378 e. The number of likely N-dealkylation sites (N-methyl/N-ethyl adjacent to an activating group) is 1. The molecule has 142 valence electrons. The molecule has 2 aromatic rings. The maximum Gasteiger partial charge on any atom is 0.244 e. The molecule has 4 heteroatoms. The van der Waals surface area contributed by atoms with Crippen LogP contribution in [0.1, 0.15) is 18.1 Å². The van der Waals surface area contributed by atoms with Crippen LogP contribution in [0.4, 0.5) is 5.69 Å². The fourth-order valence-electron chi connectivity index (χ4n) is 3.46. The van der Waals surface area contributed by atoms with Crippen LogP contribution < -0.4 is 10.2 Å². The van der Waals surface area contributed by atoms with Gasteiger partial charge in [0.2, 0.25) is 5.91 Å². The molecule has 0 unspecified atom stereocenters. The minimum absolute atomic E-state index is 0.0356. The van der Waals surface area contributed by atoms with Gasteiger partial charge in [0.1, 0.15) is 5.54 Å². The fraction of sp³-hybridized carbons (Fsp3) is 0.348. The SMILES string of the molecule is CN(C)c1ccc(CNC(=O)[C@@]2(C)C=C[C@@H](Cc3ccccc3)N2C)cc1. The van der Waals surface area contributed by atoms with Gasteiger partial charge < -0.3 is 10.2 Å². The van der Waals surface area contributed by atoms with Crippen molar-refractivity contribution in [2.45, 2.75) is 31.5 Å². The highest BCUT2D eigenvalue weighted by atomic mass is 16.2. The first kappa shape index (κ1) is 19.2. The lowest BCUT2D eigenvalue weighted by molar-refractivity contribution is -0.129. The summed E-state index contributed by atoms with van der Waals surface area (Å²) in [5.41, 5.74) is 2.91. The summed E-state index contributed by atoms with van der Waals surface area (Å²) in [6.45, 7) is 2.52. The van der Waals surface area contributed by atoms with E-state index in [0.717, 1.165) is 17.7 Å². The molecule has 1 heterocycles. The average molecular weight is 364 g/mol. The Morgan fingerprint density at radius 1 is 1.07 bits per heavy atom. The molecule has 1 aliphatic rings. The number of carbonyl (C=O) groups excluding carboxylic acids is 1. The summed E-state index contributed by atoms with van der Waals surface area (Å²) >= 11 is 0. The molecule has 0 saturated carbocycles. The molecule has 3 rings (SSSR count). The van der Waals surface area contributed by atoms with Crippen LogP contribution in [-0.2, 0) is 17.8 Å². The zero-order valence-corrected chi connectivity index (χ0v) is 16.6. The van der Waals surface area contributed by atoms with E-state index in [9.17, 15) is 4.79 Å². The second-order valence-corrected chi connectivity index (χ2v) is 7.62. The van der Waals surface area contributed by atoms with Crippen LogP contribution in [0.2, 0.25) is 0 Å². The molecule has 1 aliphatic heterocycles. The summed E-state index contributed by atoms with van der Waals surface area (Å²) in [7, 11) is 6.07. The fourth-order valence-corrected chi connectivity index (χ4v) is 3.46. The van der Waals surface area contributed by atoms with Crippen molar-refractivity contribution in [1.82, 2.24) is 10.2 Å². The molecule has 1 amide bonds. The maximum atomic E-state index is 12.9.